The number of hydrogen-bond donors (Lipinski definition) is 0. The minimum absolute atomic E-state index is 1.10. The van der Waals surface area contributed by atoms with Gasteiger partial charge in [-0.15, -0.1) is 0 Å². The second-order valence-corrected chi connectivity index (χ2v) is 14.5. The van der Waals surface area contributed by atoms with Gasteiger partial charge in [0.15, 0.2) is 0 Å². The number of rotatable bonds is 6. The van der Waals surface area contributed by atoms with Gasteiger partial charge in [0.2, 0.25) is 0 Å². The van der Waals surface area contributed by atoms with Gasteiger partial charge in [-0.25, -0.2) is 0 Å². The number of anilines is 3. The molecule has 0 aliphatic heterocycles. The summed E-state index contributed by atoms with van der Waals surface area (Å²) in [6, 6.07) is 79.5. The fourth-order valence-corrected chi connectivity index (χ4v) is 8.69. The monoisotopic (exact) mass is 712 g/mol. The Bertz CT molecular complexity index is 3230. The Morgan fingerprint density at radius 2 is 0.893 bits per heavy atom. The number of aromatic nitrogens is 1. The third kappa shape index (κ3) is 5.26. The lowest BCUT2D eigenvalue weighted by Gasteiger charge is -2.28. The van der Waals surface area contributed by atoms with Crippen LogP contribution in [0, 0.1) is 0 Å². The number of para-hydroxylation sites is 2. The van der Waals surface area contributed by atoms with E-state index in [0.717, 1.165) is 22.7 Å². The lowest BCUT2D eigenvalue weighted by molar-refractivity contribution is 1.19. The van der Waals surface area contributed by atoms with Crippen LogP contribution in [0.5, 0.6) is 0 Å². The van der Waals surface area contributed by atoms with Crippen LogP contribution in [0.1, 0.15) is 0 Å². The molecule has 11 rings (SSSR count). The molecule has 0 fully saturated rings. The van der Waals surface area contributed by atoms with Crippen molar-refractivity contribution in [1.29, 1.82) is 0 Å². The normalized spacial score (nSPS) is 11.6. The standard InChI is InChI=1S/C54H36N2/c1-3-13-38(14-4-1)47-20-11-12-22-52(47)55(45-32-27-41-24-23-39-15-7-9-19-46(39)51(41)36-45)44-30-25-37(26-31-44)42-29-33-49-50-34-28-40-16-8-10-21-48(40)54(50)56(53(49)35-42)43-17-5-2-6-18-43/h1-36H. The van der Waals surface area contributed by atoms with E-state index < -0.39 is 0 Å². The molecule has 2 heteroatoms. The van der Waals surface area contributed by atoms with E-state index in [9.17, 15) is 0 Å². The van der Waals surface area contributed by atoms with Crippen LogP contribution in [-0.4, -0.2) is 4.57 Å². The van der Waals surface area contributed by atoms with Crippen LogP contribution in [0.3, 0.4) is 0 Å². The average Bonchev–Trinajstić information content (AvgIpc) is 3.62. The molecule has 262 valence electrons. The molecule has 0 aliphatic rings. The predicted octanol–water partition coefficient (Wildman–Crippen LogP) is 15.0. The van der Waals surface area contributed by atoms with E-state index in [0.29, 0.717) is 0 Å². The van der Waals surface area contributed by atoms with Gasteiger partial charge in [-0.2, -0.15) is 0 Å². The lowest BCUT2D eigenvalue weighted by Crippen LogP contribution is -2.11. The molecule has 56 heavy (non-hydrogen) atoms. The summed E-state index contributed by atoms with van der Waals surface area (Å²) in [5.41, 5.74) is 11.7. The molecule has 11 aromatic rings. The first kappa shape index (κ1) is 32.0. The minimum atomic E-state index is 1.10. The maximum Gasteiger partial charge on any atom is 0.0619 e. The maximum atomic E-state index is 2.44. The second-order valence-electron chi connectivity index (χ2n) is 14.5. The Morgan fingerprint density at radius 1 is 0.321 bits per heavy atom. The predicted molar refractivity (Wildman–Crippen MR) is 239 cm³/mol. The molecule has 0 atom stereocenters. The number of hydrogen-bond acceptors (Lipinski definition) is 1. The van der Waals surface area contributed by atoms with Gasteiger partial charge in [0.1, 0.15) is 0 Å². The van der Waals surface area contributed by atoms with E-state index in [-0.39, 0.29) is 0 Å². The molecule has 0 amide bonds. The molecule has 1 aromatic heterocycles. The van der Waals surface area contributed by atoms with Crippen LogP contribution >= 0.6 is 0 Å². The summed E-state index contributed by atoms with van der Waals surface area (Å²) in [7, 11) is 0. The Hall–Kier alpha value is -7.42. The zero-order chi connectivity index (χ0) is 37.0. The summed E-state index contributed by atoms with van der Waals surface area (Å²) in [4.78, 5) is 2.41. The Morgan fingerprint density at radius 3 is 1.70 bits per heavy atom. The van der Waals surface area contributed by atoms with Crippen LogP contribution in [0.2, 0.25) is 0 Å². The van der Waals surface area contributed by atoms with Gasteiger partial charge in [-0.1, -0.05) is 170 Å². The van der Waals surface area contributed by atoms with Crippen molar-refractivity contribution in [2.75, 3.05) is 4.90 Å². The Labute approximate surface area is 325 Å². The van der Waals surface area contributed by atoms with Gasteiger partial charge in [-0.05, 0) is 92.2 Å². The molecule has 0 N–H and O–H groups in total. The molecule has 0 saturated carbocycles. The van der Waals surface area contributed by atoms with Crippen molar-refractivity contribution in [3.63, 3.8) is 0 Å². The average molecular weight is 713 g/mol. The van der Waals surface area contributed by atoms with Crippen molar-refractivity contribution in [3.05, 3.63) is 218 Å². The molecule has 0 aliphatic carbocycles. The van der Waals surface area contributed by atoms with Crippen molar-refractivity contribution in [2.45, 2.75) is 0 Å². The van der Waals surface area contributed by atoms with Crippen LogP contribution in [0.15, 0.2) is 218 Å². The highest BCUT2D eigenvalue weighted by Gasteiger charge is 2.19. The van der Waals surface area contributed by atoms with Crippen molar-refractivity contribution in [1.82, 2.24) is 4.57 Å². The highest BCUT2D eigenvalue weighted by Crippen LogP contribution is 2.43. The summed E-state index contributed by atoms with van der Waals surface area (Å²) >= 11 is 0. The van der Waals surface area contributed by atoms with Crippen molar-refractivity contribution in [3.8, 4) is 27.9 Å². The SMILES string of the molecule is c1ccc(-c2ccccc2N(c2ccc(-c3ccc4c5ccc6ccccc6c5n(-c5ccccc5)c4c3)cc2)c2ccc3ccc4ccccc4c3c2)cc1. The van der Waals surface area contributed by atoms with E-state index in [1.54, 1.807) is 0 Å². The van der Waals surface area contributed by atoms with E-state index in [4.69, 9.17) is 0 Å². The summed E-state index contributed by atoms with van der Waals surface area (Å²) in [6.07, 6.45) is 0. The van der Waals surface area contributed by atoms with Crippen LogP contribution in [-0.2, 0) is 0 Å². The van der Waals surface area contributed by atoms with Crippen molar-refractivity contribution in [2.24, 2.45) is 0 Å². The molecule has 0 saturated heterocycles. The maximum absolute atomic E-state index is 2.44. The van der Waals surface area contributed by atoms with Crippen molar-refractivity contribution >= 4 is 71.2 Å². The highest BCUT2D eigenvalue weighted by atomic mass is 15.1. The Kier molecular flexibility index (Phi) is 7.53. The number of fused-ring (bicyclic) bond motifs is 8. The molecule has 2 nitrogen and oxygen atoms in total. The van der Waals surface area contributed by atoms with Gasteiger partial charge >= 0.3 is 0 Å². The van der Waals surface area contributed by atoms with Crippen LogP contribution in [0.4, 0.5) is 17.1 Å². The third-order valence-electron chi connectivity index (χ3n) is 11.3. The molecule has 0 radical (unpaired) electrons. The van der Waals surface area contributed by atoms with Gasteiger partial charge < -0.3 is 9.47 Å². The van der Waals surface area contributed by atoms with Crippen molar-refractivity contribution < 1.29 is 0 Å². The number of benzene rings is 10. The fraction of sp³-hybridized carbons (Fsp3) is 0. The van der Waals surface area contributed by atoms with E-state index in [1.165, 1.54) is 76.4 Å². The fourth-order valence-electron chi connectivity index (χ4n) is 8.69. The van der Waals surface area contributed by atoms with Crippen LogP contribution < -0.4 is 4.90 Å². The zero-order valence-corrected chi connectivity index (χ0v) is 30.7. The minimum Gasteiger partial charge on any atom is -0.310 e. The highest BCUT2D eigenvalue weighted by molar-refractivity contribution is 6.19. The van der Waals surface area contributed by atoms with Gasteiger partial charge in [0, 0.05) is 38.8 Å². The topological polar surface area (TPSA) is 8.17 Å². The molecule has 0 bridgehead atoms. The van der Waals surface area contributed by atoms with E-state index in [2.05, 4.69) is 228 Å². The van der Waals surface area contributed by atoms with Gasteiger partial charge in [0.05, 0.1) is 16.7 Å². The molecule has 10 aromatic carbocycles. The molecular weight excluding hydrogens is 677 g/mol. The molecule has 1 heterocycles. The largest absolute Gasteiger partial charge is 0.310 e. The van der Waals surface area contributed by atoms with Gasteiger partial charge in [0.25, 0.3) is 0 Å². The van der Waals surface area contributed by atoms with E-state index >= 15 is 0 Å². The second kappa shape index (κ2) is 13.2. The first-order valence-corrected chi connectivity index (χ1v) is 19.3. The molecular formula is C54H36N2. The third-order valence-corrected chi connectivity index (χ3v) is 11.3. The molecule has 0 unspecified atom stereocenters. The quantitative estimate of drug-likeness (QED) is 0.156. The first-order valence-electron chi connectivity index (χ1n) is 19.3. The first-order chi connectivity index (χ1) is 27.8. The Balaban J connectivity index is 1.08. The number of nitrogens with zero attached hydrogens (tertiary/aromatic N) is 2. The summed E-state index contributed by atoms with van der Waals surface area (Å²) in [5, 5.41) is 10.00. The summed E-state index contributed by atoms with van der Waals surface area (Å²) in [5.74, 6) is 0. The molecule has 0 spiro atoms. The van der Waals surface area contributed by atoms with Gasteiger partial charge in [-0.3, -0.25) is 0 Å². The lowest BCUT2D eigenvalue weighted by atomic mass is 9.99. The van der Waals surface area contributed by atoms with E-state index in [1.807, 2.05) is 0 Å². The summed E-state index contributed by atoms with van der Waals surface area (Å²) < 4.78 is 2.44. The van der Waals surface area contributed by atoms with Crippen LogP contribution in [0.25, 0.3) is 82.1 Å². The smallest absolute Gasteiger partial charge is 0.0619 e. The summed E-state index contributed by atoms with van der Waals surface area (Å²) in [6.45, 7) is 0. The zero-order valence-electron chi connectivity index (χ0n) is 30.7.